The third-order valence-electron chi connectivity index (χ3n) is 6.53. The summed E-state index contributed by atoms with van der Waals surface area (Å²) in [6.45, 7) is 0.539. The van der Waals surface area contributed by atoms with E-state index in [9.17, 15) is 14.4 Å². The molecule has 218 valence electrons. The number of urea groups is 1. The molecule has 0 spiro atoms. The van der Waals surface area contributed by atoms with Crippen LogP contribution in [-0.2, 0) is 22.8 Å². The molecule has 1 saturated heterocycles. The van der Waals surface area contributed by atoms with Crippen molar-refractivity contribution in [2.45, 2.75) is 13.2 Å². The monoisotopic (exact) mass is 598 g/mol. The minimum Gasteiger partial charge on any atom is -0.493 e. The Bertz CT molecular complexity index is 1690. The van der Waals surface area contributed by atoms with Crippen molar-refractivity contribution in [2.75, 3.05) is 19.1 Å². The van der Waals surface area contributed by atoms with Crippen LogP contribution in [0.2, 0.25) is 5.02 Å². The van der Waals surface area contributed by atoms with Crippen LogP contribution in [0.4, 0.5) is 10.5 Å². The Morgan fingerprint density at radius 1 is 0.744 bits per heavy atom. The second-order valence-electron chi connectivity index (χ2n) is 9.38. The zero-order chi connectivity index (χ0) is 30.3. The van der Waals surface area contributed by atoms with E-state index in [4.69, 9.17) is 30.5 Å². The lowest BCUT2D eigenvalue weighted by Crippen LogP contribution is -2.54. The van der Waals surface area contributed by atoms with Gasteiger partial charge >= 0.3 is 6.03 Å². The van der Waals surface area contributed by atoms with E-state index in [2.05, 4.69) is 5.32 Å². The lowest BCUT2D eigenvalue weighted by atomic mass is 10.1. The van der Waals surface area contributed by atoms with Crippen molar-refractivity contribution in [1.82, 2.24) is 5.32 Å². The highest BCUT2D eigenvalue weighted by molar-refractivity contribution is 6.39. The number of methoxy groups -OCH3 is 2. The molecule has 43 heavy (non-hydrogen) atoms. The van der Waals surface area contributed by atoms with Crippen molar-refractivity contribution >= 4 is 41.2 Å². The summed E-state index contributed by atoms with van der Waals surface area (Å²) < 4.78 is 23.0. The van der Waals surface area contributed by atoms with E-state index in [1.807, 2.05) is 48.5 Å². The van der Waals surface area contributed by atoms with Crippen LogP contribution < -0.4 is 29.2 Å². The van der Waals surface area contributed by atoms with E-state index in [0.717, 1.165) is 16.0 Å². The zero-order valence-electron chi connectivity index (χ0n) is 23.3. The highest BCUT2D eigenvalue weighted by Gasteiger charge is 2.36. The van der Waals surface area contributed by atoms with Gasteiger partial charge in [0.05, 0.1) is 24.9 Å². The molecule has 0 aromatic heterocycles. The Balaban J connectivity index is 1.33. The summed E-state index contributed by atoms with van der Waals surface area (Å²) in [4.78, 5) is 39.1. The van der Waals surface area contributed by atoms with Crippen molar-refractivity contribution in [1.29, 1.82) is 0 Å². The number of barbiturate groups is 1. The summed E-state index contributed by atoms with van der Waals surface area (Å²) >= 11 is 6.57. The van der Waals surface area contributed by atoms with Crippen LogP contribution in [-0.4, -0.2) is 32.1 Å². The molecule has 0 unspecified atom stereocenters. The first-order valence-electron chi connectivity index (χ1n) is 13.2. The Morgan fingerprint density at radius 2 is 1.42 bits per heavy atom. The molecular weight excluding hydrogens is 572 g/mol. The SMILES string of the molecule is COc1cc(COc2c(Cl)cc(/C=C3/C(=O)NC(=O)N(c4ccccc4)C3=O)cc2OC)ccc1OCc1ccccc1. The van der Waals surface area contributed by atoms with Gasteiger partial charge in [0.25, 0.3) is 11.8 Å². The highest BCUT2D eigenvalue weighted by Crippen LogP contribution is 2.38. The molecule has 1 fully saturated rings. The molecular formula is C33H27ClN2O7. The van der Waals surface area contributed by atoms with E-state index in [-0.39, 0.29) is 28.7 Å². The summed E-state index contributed by atoms with van der Waals surface area (Å²) in [5.74, 6) is 0.125. The molecule has 0 bridgehead atoms. The van der Waals surface area contributed by atoms with Crippen LogP contribution >= 0.6 is 11.6 Å². The largest absolute Gasteiger partial charge is 0.493 e. The van der Waals surface area contributed by atoms with Crippen LogP contribution in [0.15, 0.2) is 96.6 Å². The quantitative estimate of drug-likeness (QED) is 0.172. The standard InChI is InChI=1S/C33H27ClN2O7/c1-40-28-17-22(13-14-27(28)42-19-21-9-5-3-6-10-21)20-43-30-26(34)16-23(18-29(30)41-2)15-25-31(37)35-33(39)36(32(25)38)24-11-7-4-8-12-24/h3-18H,19-20H2,1-2H3,(H,35,37,39)/b25-15-. The number of rotatable bonds is 10. The van der Waals surface area contributed by atoms with Gasteiger partial charge in [-0.2, -0.15) is 0 Å². The summed E-state index contributed by atoms with van der Waals surface area (Å²) in [5, 5.41) is 2.40. The first-order valence-corrected chi connectivity index (χ1v) is 13.6. The molecule has 0 radical (unpaired) electrons. The number of carbonyl (C=O) groups is 3. The van der Waals surface area contributed by atoms with Gasteiger partial charge in [-0.3, -0.25) is 14.9 Å². The number of halogens is 1. The van der Waals surface area contributed by atoms with Crippen molar-refractivity contribution < 1.29 is 33.3 Å². The number of hydrogen-bond donors (Lipinski definition) is 1. The number of imide groups is 2. The van der Waals surface area contributed by atoms with Crippen molar-refractivity contribution in [3.8, 4) is 23.0 Å². The molecule has 0 aliphatic carbocycles. The average molecular weight is 599 g/mol. The average Bonchev–Trinajstić information content (AvgIpc) is 3.02. The molecule has 1 N–H and O–H groups in total. The zero-order valence-corrected chi connectivity index (χ0v) is 24.1. The molecule has 4 amide bonds. The molecule has 10 heteroatoms. The fourth-order valence-electron chi connectivity index (χ4n) is 4.41. The van der Waals surface area contributed by atoms with Crippen LogP contribution in [0.25, 0.3) is 6.08 Å². The second-order valence-corrected chi connectivity index (χ2v) is 9.78. The number of hydrogen-bond acceptors (Lipinski definition) is 7. The van der Waals surface area contributed by atoms with Crippen LogP contribution in [0, 0.1) is 0 Å². The van der Waals surface area contributed by atoms with Crippen molar-refractivity contribution in [2.24, 2.45) is 0 Å². The van der Waals surface area contributed by atoms with Gasteiger partial charge in [-0.25, -0.2) is 9.69 Å². The van der Waals surface area contributed by atoms with E-state index in [0.29, 0.717) is 29.4 Å². The van der Waals surface area contributed by atoms with E-state index in [1.54, 1.807) is 43.5 Å². The number of amides is 4. The predicted molar refractivity (Wildman–Crippen MR) is 162 cm³/mol. The number of para-hydroxylation sites is 1. The Kier molecular flexibility index (Phi) is 8.93. The van der Waals surface area contributed by atoms with E-state index in [1.165, 1.54) is 19.3 Å². The van der Waals surface area contributed by atoms with Gasteiger partial charge in [-0.15, -0.1) is 0 Å². The van der Waals surface area contributed by atoms with Crippen LogP contribution in [0.3, 0.4) is 0 Å². The molecule has 0 saturated carbocycles. The van der Waals surface area contributed by atoms with Crippen molar-refractivity contribution in [3.63, 3.8) is 0 Å². The smallest absolute Gasteiger partial charge is 0.335 e. The molecule has 5 rings (SSSR count). The van der Waals surface area contributed by atoms with Crippen LogP contribution in [0.5, 0.6) is 23.0 Å². The normalized spacial score (nSPS) is 14.0. The van der Waals surface area contributed by atoms with Gasteiger partial charge < -0.3 is 18.9 Å². The van der Waals surface area contributed by atoms with Crippen LogP contribution in [0.1, 0.15) is 16.7 Å². The first kappa shape index (κ1) is 29.2. The number of carbonyl (C=O) groups excluding carboxylic acids is 3. The Hall–Kier alpha value is -5.28. The number of nitrogens with one attached hydrogen (secondary N) is 1. The fourth-order valence-corrected chi connectivity index (χ4v) is 4.68. The third-order valence-corrected chi connectivity index (χ3v) is 6.81. The molecule has 0 atom stereocenters. The lowest BCUT2D eigenvalue weighted by Gasteiger charge is -2.26. The fraction of sp³-hybridized carbons (Fsp3) is 0.121. The van der Waals surface area contributed by atoms with Gasteiger partial charge in [0, 0.05) is 0 Å². The molecule has 4 aromatic rings. The lowest BCUT2D eigenvalue weighted by molar-refractivity contribution is -0.122. The van der Waals surface area contributed by atoms with E-state index >= 15 is 0 Å². The number of benzene rings is 4. The van der Waals surface area contributed by atoms with Gasteiger partial charge in [-0.1, -0.05) is 66.2 Å². The molecule has 1 aliphatic heterocycles. The maximum atomic E-state index is 13.2. The van der Waals surface area contributed by atoms with Gasteiger partial charge in [0.15, 0.2) is 23.0 Å². The maximum absolute atomic E-state index is 13.2. The maximum Gasteiger partial charge on any atom is 0.335 e. The highest BCUT2D eigenvalue weighted by atomic mass is 35.5. The molecule has 4 aromatic carbocycles. The molecule has 1 aliphatic rings. The predicted octanol–water partition coefficient (Wildman–Crippen LogP) is 6.18. The third kappa shape index (κ3) is 6.63. The van der Waals surface area contributed by atoms with Gasteiger partial charge in [0.2, 0.25) is 0 Å². The number of ether oxygens (including phenoxy) is 4. The summed E-state index contributed by atoms with van der Waals surface area (Å²) in [5.41, 5.74) is 2.32. The minimum absolute atomic E-state index is 0.140. The topological polar surface area (TPSA) is 103 Å². The van der Waals surface area contributed by atoms with E-state index < -0.39 is 17.8 Å². The summed E-state index contributed by atoms with van der Waals surface area (Å²) in [6.07, 6.45) is 1.34. The Labute approximate surface area is 253 Å². The minimum atomic E-state index is -0.829. The molecule has 1 heterocycles. The number of nitrogens with zero attached hydrogens (tertiary/aromatic N) is 1. The summed E-state index contributed by atoms with van der Waals surface area (Å²) in [6, 6.07) is 25.9. The van der Waals surface area contributed by atoms with Gasteiger partial charge in [0.1, 0.15) is 18.8 Å². The van der Waals surface area contributed by atoms with Gasteiger partial charge in [-0.05, 0) is 59.2 Å². The molecule has 9 nitrogen and oxygen atoms in total. The second kappa shape index (κ2) is 13.1. The Morgan fingerprint density at radius 3 is 2.12 bits per heavy atom. The van der Waals surface area contributed by atoms with Crippen molar-refractivity contribution in [3.05, 3.63) is 118 Å². The summed E-state index contributed by atoms with van der Waals surface area (Å²) in [7, 11) is 3.01. The number of anilines is 1. The first-order chi connectivity index (χ1) is 20.9.